The molecular formula is C27H27ClN4O2S2. The van der Waals surface area contributed by atoms with Gasteiger partial charge in [0, 0.05) is 15.5 Å². The Labute approximate surface area is 225 Å². The van der Waals surface area contributed by atoms with Crippen LogP contribution in [0.1, 0.15) is 39.1 Å². The lowest BCUT2D eigenvalue weighted by atomic mass is 10.0. The van der Waals surface area contributed by atoms with Gasteiger partial charge in [0.2, 0.25) is 0 Å². The van der Waals surface area contributed by atoms with Crippen LogP contribution in [0.25, 0.3) is 11.1 Å². The van der Waals surface area contributed by atoms with Crippen molar-refractivity contribution in [2.75, 3.05) is 17.2 Å². The molecule has 0 unspecified atom stereocenters. The van der Waals surface area contributed by atoms with Crippen molar-refractivity contribution in [1.29, 1.82) is 0 Å². The largest absolute Gasteiger partial charge is 0.462 e. The zero-order chi connectivity index (χ0) is 25.8. The fourth-order valence-corrected chi connectivity index (χ4v) is 5.58. The smallest absolute Gasteiger partial charge is 0.341 e. The van der Waals surface area contributed by atoms with Crippen LogP contribution in [0.2, 0.25) is 5.02 Å². The Morgan fingerprint density at radius 1 is 1.08 bits per heavy atom. The Balaban J connectivity index is 1.60. The van der Waals surface area contributed by atoms with E-state index < -0.39 is 0 Å². The lowest BCUT2D eigenvalue weighted by Crippen LogP contribution is -2.21. The number of hydrogen-bond donors (Lipinski definition) is 2. The maximum atomic E-state index is 13.0. The summed E-state index contributed by atoms with van der Waals surface area (Å²) in [5, 5.41) is 12.9. The molecule has 0 spiro atoms. The van der Waals surface area contributed by atoms with Gasteiger partial charge in [0.25, 0.3) is 0 Å². The van der Waals surface area contributed by atoms with Crippen molar-refractivity contribution in [3.63, 3.8) is 0 Å². The van der Waals surface area contributed by atoms with Gasteiger partial charge < -0.3 is 15.4 Å². The lowest BCUT2D eigenvalue weighted by molar-refractivity contribution is 0.0529. The molecule has 2 aromatic carbocycles. The normalized spacial score (nSPS) is 10.8. The molecule has 9 heteroatoms. The number of carbonyl (C=O) groups is 1. The summed E-state index contributed by atoms with van der Waals surface area (Å²) in [4.78, 5) is 14.0. The monoisotopic (exact) mass is 538 g/mol. The molecule has 6 nitrogen and oxygen atoms in total. The number of aromatic nitrogens is 2. The van der Waals surface area contributed by atoms with Gasteiger partial charge in [-0.2, -0.15) is 5.10 Å². The molecule has 0 aliphatic heterocycles. The molecule has 0 saturated carbocycles. The summed E-state index contributed by atoms with van der Waals surface area (Å²) in [5.41, 5.74) is 5.82. The van der Waals surface area contributed by atoms with Crippen molar-refractivity contribution in [1.82, 2.24) is 9.78 Å². The molecular weight excluding hydrogens is 512 g/mol. The molecule has 0 aliphatic carbocycles. The first-order valence-corrected chi connectivity index (χ1v) is 13.1. The molecule has 0 atom stereocenters. The van der Waals surface area contributed by atoms with Crippen LogP contribution in [0.15, 0.2) is 54.6 Å². The Bertz CT molecular complexity index is 1410. The fraction of sp³-hybridized carbons (Fsp3) is 0.222. The van der Waals surface area contributed by atoms with Crippen LogP contribution in [-0.4, -0.2) is 27.5 Å². The molecule has 0 saturated heterocycles. The first kappa shape index (κ1) is 25.9. The molecule has 4 aromatic rings. The molecule has 36 heavy (non-hydrogen) atoms. The summed E-state index contributed by atoms with van der Waals surface area (Å²) in [5.74, 6) is -0.383. The van der Waals surface area contributed by atoms with Crippen LogP contribution in [-0.2, 0) is 11.3 Å². The molecule has 0 amide bonds. The van der Waals surface area contributed by atoms with Crippen LogP contribution < -0.4 is 10.6 Å². The standard InChI is InChI=1S/C27H27ClN4O2S2/c1-5-34-26(33)23-22(19-11-7-6-8-12-19)18(4)36-25(23)30-27(35)29-24-16(2)31-32(17(24)3)15-20-13-9-10-14-21(20)28/h6-14H,5,15H2,1-4H3,(H2,29,30,35). The zero-order valence-corrected chi connectivity index (χ0v) is 22.9. The Kier molecular flexibility index (Phi) is 8.08. The summed E-state index contributed by atoms with van der Waals surface area (Å²) < 4.78 is 7.29. The number of halogens is 1. The molecule has 0 radical (unpaired) electrons. The number of thiophene rings is 1. The highest BCUT2D eigenvalue weighted by Gasteiger charge is 2.25. The number of aryl methyl sites for hydroxylation is 2. The Hall–Kier alpha value is -3.20. The number of thiocarbonyl (C=S) groups is 1. The van der Waals surface area contributed by atoms with Gasteiger partial charge in [-0.15, -0.1) is 11.3 Å². The molecule has 0 fully saturated rings. The second-order valence-electron chi connectivity index (χ2n) is 8.20. The van der Waals surface area contributed by atoms with E-state index in [-0.39, 0.29) is 12.6 Å². The van der Waals surface area contributed by atoms with Gasteiger partial charge in [-0.1, -0.05) is 60.1 Å². The lowest BCUT2D eigenvalue weighted by Gasteiger charge is -2.12. The molecule has 2 heterocycles. The second-order valence-corrected chi connectivity index (χ2v) is 10.2. The maximum absolute atomic E-state index is 13.0. The van der Waals surface area contributed by atoms with Gasteiger partial charge in [0.15, 0.2) is 5.11 Å². The van der Waals surface area contributed by atoms with Gasteiger partial charge >= 0.3 is 5.97 Å². The topological polar surface area (TPSA) is 68.2 Å². The van der Waals surface area contributed by atoms with Crippen molar-refractivity contribution < 1.29 is 9.53 Å². The molecule has 186 valence electrons. The molecule has 0 bridgehead atoms. The van der Waals surface area contributed by atoms with Crippen molar-refractivity contribution in [3.8, 4) is 11.1 Å². The SMILES string of the molecule is CCOC(=O)c1c(NC(=S)Nc2c(C)nn(Cc3ccccc3Cl)c2C)sc(C)c1-c1ccccc1. The molecule has 2 N–H and O–H groups in total. The minimum absolute atomic E-state index is 0.285. The summed E-state index contributed by atoms with van der Waals surface area (Å²) >= 11 is 13.5. The summed E-state index contributed by atoms with van der Waals surface area (Å²) in [6.45, 7) is 8.52. The highest BCUT2D eigenvalue weighted by molar-refractivity contribution is 7.80. The van der Waals surface area contributed by atoms with E-state index in [1.807, 2.05) is 80.1 Å². The van der Waals surface area contributed by atoms with E-state index >= 15 is 0 Å². The number of hydrogen-bond acceptors (Lipinski definition) is 5. The number of benzene rings is 2. The average molecular weight is 539 g/mol. The van der Waals surface area contributed by atoms with E-state index in [4.69, 9.17) is 28.6 Å². The predicted molar refractivity (Wildman–Crippen MR) is 153 cm³/mol. The highest BCUT2D eigenvalue weighted by Crippen LogP contribution is 2.40. The van der Waals surface area contributed by atoms with E-state index in [0.717, 1.165) is 38.6 Å². The number of carbonyl (C=O) groups excluding carboxylic acids is 1. The van der Waals surface area contributed by atoms with Gasteiger partial charge in [-0.05, 0) is 57.1 Å². The summed E-state index contributed by atoms with van der Waals surface area (Å²) in [6, 6.07) is 17.5. The molecule has 4 rings (SSSR count). The molecule has 2 aromatic heterocycles. The third-order valence-corrected chi connectivity index (χ3v) is 7.34. The van der Waals surface area contributed by atoms with E-state index in [1.165, 1.54) is 11.3 Å². The van der Waals surface area contributed by atoms with Gasteiger partial charge in [-0.25, -0.2) is 4.79 Å². The van der Waals surface area contributed by atoms with E-state index in [9.17, 15) is 4.79 Å². The van der Waals surface area contributed by atoms with Crippen molar-refractivity contribution in [3.05, 3.63) is 87.0 Å². The van der Waals surface area contributed by atoms with Crippen LogP contribution in [0.4, 0.5) is 10.7 Å². The van der Waals surface area contributed by atoms with Crippen molar-refractivity contribution in [2.45, 2.75) is 34.2 Å². The van der Waals surface area contributed by atoms with E-state index in [1.54, 1.807) is 6.92 Å². The summed E-state index contributed by atoms with van der Waals surface area (Å²) in [6.07, 6.45) is 0. The first-order valence-electron chi connectivity index (χ1n) is 11.5. The second kappa shape index (κ2) is 11.2. The minimum atomic E-state index is -0.383. The first-order chi connectivity index (χ1) is 17.3. The van der Waals surface area contributed by atoms with E-state index in [0.29, 0.717) is 27.2 Å². The van der Waals surface area contributed by atoms with Gasteiger partial charge in [0.1, 0.15) is 10.6 Å². The Morgan fingerprint density at radius 2 is 1.78 bits per heavy atom. The number of nitrogens with zero attached hydrogens (tertiary/aromatic N) is 2. The number of esters is 1. The summed E-state index contributed by atoms with van der Waals surface area (Å²) in [7, 11) is 0. The number of anilines is 2. The molecule has 0 aliphatic rings. The number of rotatable bonds is 7. The van der Waals surface area contributed by atoms with Crippen LogP contribution in [0.3, 0.4) is 0 Å². The van der Waals surface area contributed by atoms with Gasteiger partial charge in [-0.3, -0.25) is 4.68 Å². The third-order valence-electron chi connectivity index (χ3n) is 5.75. The number of ether oxygens (including phenoxy) is 1. The van der Waals surface area contributed by atoms with Crippen LogP contribution >= 0.6 is 35.2 Å². The number of nitrogens with one attached hydrogen (secondary N) is 2. The van der Waals surface area contributed by atoms with Crippen LogP contribution in [0, 0.1) is 20.8 Å². The van der Waals surface area contributed by atoms with Gasteiger partial charge in [0.05, 0.1) is 30.2 Å². The van der Waals surface area contributed by atoms with E-state index in [2.05, 4.69) is 15.7 Å². The third kappa shape index (κ3) is 5.46. The Morgan fingerprint density at radius 3 is 2.47 bits per heavy atom. The fourth-order valence-electron chi connectivity index (χ4n) is 4.05. The van der Waals surface area contributed by atoms with Crippen LogP contribution in [0.5, 0.6) is 0 Å². The minimum Gasteiger partial charge on any atom is -0.462 e. The quantitative estimate of drug-likeness (QED) is 0.191. The zero-order valence-electron chi connectivity index (χ0n) is 20.5. The van der Waals surface area contributed by atoms with Crippen molar-refractivity contribution in [2.24, 2.45) is 0 Å². The maximum Gasteiger partial charge on any atom is 0.341 e. The predicted octanol–water partition coefficient (Wildman–Crippen LogP) is 7.22. The van der Waals surface area contributed by atoms with Crippen molar-refractivity contribution >= 4 is 56.9 Å². The highest BCUT2D eigenvalue weighted by atomic mass is 35.5. The average Bonchev–Trinajstić information content (AvgIpc) is 3.31.